The van der Waals surface area contributed by atoms with Crippen LogP contribution in [-0.4, -0.2) is 70.5 Å². The summed E-state index contributed by atoms with van der Waals surface area (Å²) in [6.07, 6.45) is 0. The fourth-order valence-corrected chi connectivity index (χ4v) is 0. The summed E-state index contributed by atoms with van der Waals surface area (Å²) in [5.74, 6) is 0. The second-order valence-corrected chi connectivity index (χ2v) is 4.54. The van der Waals surface area contributed by atoms with Gasteiger partial charge in [-0.05, 0) is 0 Å². The molecule has 46 valence electrons. The van der Waals surface area contributed by atoms with Crippen molar-refractivity contribution >= 4 is 63.7 Å². The predicted molar refractivity (Wildman–Crippen MR) is 35.4 cm³/mol. The standard InChI is InChI=1S/C2H4.2Na.H3O4P/c1-2;;;1-5(2,3)4/h1-2H2;;;(H3,1,2,3,4). The summed E-state index contributed by atoms with van der Waals surface area (Å²) in [4.78, 5) is 21.6. The van der Waals surface area contributed by atoms with Crippen molar-refractivity contribution in [2.75, 3.05) is 0 Å². The van der Waals surface area contributed by atoms with Crippen molar-refractivity contribution in [2.45, 2.75) is 7.34 Å². The Morgan fingerprint density at radius 1 is 1.11 bits per heavy atom. The minimum absolute atomic E-state index is 1.42. The van der Waals surface area contributed by atoms with Crippen molar-refractivity contribution in [3.63, 3.8) is 0 Å². The van der Waals surface area contributed by atoms with Gasteiger partial charge in [0.05, 0.1) is 0 Å². The first-order chi connectivity index (χ1) is 3.91. The Labute approximate surface area is 89.1 Å². The van der Waals surface area contributed by atoms with Gasteiger partial charge >= 0.3 is 71.0 Å². The average Bonchev–Trinajstić information content (AvgIpc) is 1.61. The van der Waals surface area contributed by atoms with Crippen molar-refractivity contribution in [1.29, 1.82) is 0 Å². The van der Waals surface area contributed by atoms with E-state index in [1.165, 1.54) is 63.2 Å². The van der Waals surface area contributed by atoms with Crippen LogP contribution in [0.1, 0.15) is 0 Å². The first-order valence-corrected chi connectivity index (χ1v) is 7.09. The molecule has 0 saturated carbocycles. The molecule has 0 aromatic carbocycles. The van der Waals surface area contributed by atoms with E-state index in [0.29, 0.717) is 0 Å². The molecular weight excluding hydrogens is 165 g/mol. The van der Waals surface area contributed by atoms with Gasteiger partial charge in [-0.1, -0.05) is 0 Å². The molecule has 0 heterocycles. The van der Waals surface area contributed by atoms with Gasteiger partial charge in [-0.25, -0.2) is 4.57 Å². The molecule has 0 rings (SSSR count). The second kappa shape index (κ2) is 8.21. The quantitative estimate of drug-likeness (QED) is 0.358. The maximum absolute atomic E-state index is 8.88. The van der Waals surface area contributed by atoms with E-state index >= 15 is 0 Å². The molecule has 0 bridgehead atoms. The van der Waals surface area contributed by atoms with E-state index in [9.17, 15) is 0 Å². The van der Waals surface area contributed by atoms with Crippen LogP contribution in [0.25, 0.3) is 0 Å². The fraction of sp³-hybridized carbons (Fsp3) is 1.00. The average molecular weight is 172 g/mol. The van der Waals surface area contributed by atoms with Crippen LogP contribution in [0.4, 0.5) is 0 Å². The van der Waals surface area contributed by atoms with Crippen LogP contribution >= 0.6 is 7.82 Å². The zero-order valence-corrected chi connectivity index (χ0v) is 10.5. The van der Waals surface area contributed by atoms with Crippen molar-refractivity contribution < 1.29 is 19.2 Å². The molecule has 0 saturated heterocycles. The molecule has 0 fully saturated rings. The third-order valence-electron chi connectivity index (χ3n) is 0.500. The van der Waals surface area contributed by atoms with Crippen LogP contribution in [-0.2, 0) is 4.57 Å². The summed E-state index contributed by atoms with van der Waals surface area (Å²) in [5, 5.41) is 0. The molecule has 9 heavy (non-hydrogen) atoms. The molecule has 3 N–H and O–H groups in total. The Morgan fingerprint density at radius 2 is 1.22 bits per heavy atom. The summed E-state index contributed by atoms with van der Waals surface area (Å²) in [6, 6.07) is 0. The second-order valence-electron chi connectivity index (χ2n) is 1.51. The Balaban J connectivity index is 0. The molecular formula is C2H7Na2O4P. The van der Waals surface area contributed by atoms with E-state index in [-0.39, 0.29) is 0 Å². The van der Waals surface area contributed by atoms with Crippen LogP contribution in [0.15, 0.2) is 0 Å². The molecule has 0 aromatic heterocycles. The van der Waals surface area contributed by atoms with Gasteiger partial charge in [0.2, 0.25) is 0 Å². The van der Waals surface area contributed by atoms with Gasteiger partial charge in [0.15, 0.2) is 0 Å². The van der Waals surface area contributed by atoms with Gasteiger partial charge in [-0.15, -0.1) is 0 Å². The summed E-state index contributed by atoms with van der Waals surface area (Å²) < 4.78 is 11.9. The van der Waals surface area contributed by atoms with Gasteiger partial charge < -0.3 is 14.7 Å². The van der Waals surface area contributed by atoms with Gasteiger partial charge in [-0.2, -0.15) is 0 Å². The van der Waals surface area contributed by atoms with Crippen LogP contribution in [0.5, 0.6) is 0 Å². The minimum atomic E-state index is -4.64. The van der Waals surface area contributed by atoms with Gasteiger partial charge in [0, 0.05) is 0 Å². The molecule has 0 atom stereocenters. The molecule has 4 nitrogen and oxygen atoms in total. The molecule has 0 aromatic rings. The predicted octanol–water partition coefficient (Wildman–Crippen LogP) is -0.769. The Kier molecular flexibility index (Phi) is 12.5. The Bertz CT molecular complexity index is 80.3. The molecule has 0 aliphatic rings. The Morgan fingerprint density at radius 3 is 1.22 bits per heavy atom. The number of hydrogen-bond donors (Lipinski definition) is 3. The monoisotopic (exact) mass is 172 g/mol. The SMILES string of the molecule is O=P(O)(O)O.[Na][CH2][CH2][Na]. The molecule has 0 amide bonds. The van der Waals surface area contributed by atoms with Gasteiger partial charge in [0.25, 0.3) is 0 Å². The van der Waals surface area contributed by atoms with Crippen molar-refractivity contribution in [1.82, 2.24) is 0 Å². The number of rotatable bonds is 1. The Hall–Kier alpha value is 2.11. The van der Waals surface area contributed by atoms with Gasteiger partial charge in [0.1, 0.15) is 0 Å². The molecule has 0 aliphatic carbocycles. The van der Waals surface area contributed by atoms with E-state index in [4.69, 9.17) is 19.2 Å². The van der Waals surface area contributed by atoms with E-state index in [2.05, 4.69) is 0 Å². The van der Waals surface area contributed by atoms with Crippen LogP contribution in [0, 0.1) is 0 Å². The van der Waals surface area contributed by atoms with Crippen molar-refractivity contribution in [2.24, 2.45) is 0 Å². The first-order valence-electron chi connectivity index (χ1n) is 2.70. The van der Waals surface area contributed by atoms with Crippen LogP contribution in [0.3, 0.4) is 0 Å². The summed E-state index contributed by atoms with van der Waals surface area (Å²) in [5.41, 5.74) is 0. The molecule has 0 aliphatic heterocycles. The van der Waals surface area contributed by atoms with E-state index in [1.807, 2.05) is 0 Å². The van der Waals surface area contributed by atoms with Gasteiger partial charge in [-0.3, -0.25) is 0 Å². The van der Waals surface area contributed by atoms with E-state index in [0.717, 1.165) is 0 Å². The zero-order chi connectivity index (χ0) is 7.91. The third-order valence-corrected chi connectivity index (χ3v) is 4.50. The molecule has 0 radical (unpaired) electrons. The summed E-state index contributed by atoms with van der Waals surface area (Å²) in [6.45, 7) is 0. The molecule has 7 heteroatoms. The zero-order valence-electron chi connectivity index (χ0n) is 5.61. The maximum atomic E-state index is 8.88. The van der Waals surface area contributed by atoms with Crippen LogP contribution in [0.2, 0.25) is 7.34 Å². The molecule has 0 spiro atoms. The normalized spacial score (nSPS) is 10.1. The fourth-order valence-electron chi connectivity index (χ4n) is 0. The number of hydrogen-bond acceptors (Lipinski definition) is 1. The van der Waals surface area contributed by atoms with E-state index < -0.39 is 7.82 Å². The molecule has 0 unspecified atom stereocenters. The van der Waals surface area contributed by atoms with E-state index in [1.54, 1.807) is 0 Å². The third kappa shape index (κ3) is 68.7. The van der Waals surface area contributed by atoms with Crippen molar-refractivity contribution in [3.05, 3.63) is 0 Å². The summed E-state index contributed by atoms with van der Waals surface area (Å²) >= 11 is 2.85. The summed E-state index contributed by atoms with van der Waals surface area (Å²) in [7, 11) is -4.64. The van der Waals surface area contributed by atoms with Crippen molar-refractivity contribution in [3.8, 4) is 0 Å². The number of phosphoric acid groups is 1. The first kappa shape index (κ1) is 13.7. The van der Waals surface area contributed by atoms with Crippen LogP contribution < -0.4 is 0 Å². The topological polar surface area (TPSA) is 77.8 Å².